The third kappa shape index (κ3) is 5.57. The molecule has 2 aromatic rings. The maximum absolute atomic E-state index is 13.1. The Labute approximate surface area is 161 Å². The van der Waals surface area contributed by atoms with Crippen LogP contribution >= 0.6 is 0 Å². The largest absolute Gasteiger partial charge is 0.452 e. The predicted molar refractivity (Wildman–Crippen MR) is 96.8 cm³/mol. The molecule has 0 radical (unpaired) electrons. The molecule has 150 valence electrons. The van der Waals surface area contributed by atoms with Crippen LogP contribution in [0.4, 0.5) is 14.5 Å². The van der Waals surface area contributed by atoms with E-state index in [0.29, 0.717) is 0 Å². The van der Waals surface area contributed by atoms with Crippen LogP contribution in [-0.2, 0) is 24.3 Å². The van der Waals surface area contributed by atoms with E-state index in [-0.39, 0.29) is 10.6 Å². The summed E-state index contributed by atoms with van der Waals surface area (Å²) in [6, 6.07) is 9.26. The topological polar surface area (TPSA) is 92.8 Å². The highest BCUT2D eigenvalue weighted by Gasteiger charge is 2.25. The number of amides is 1. The van der Waals surface area contributed by atoms with Crippen LogP contribution in [0.15, 0.2) is 53.4 Å². The summed E-state index contributed by atoms with van der Waals surface area (Å²) >= 11 is 0. The third-order valence-corrected chi connectivity index (χ3v) is 5.46. The zero-order valence-corrected chi connectivity index (χ0v) is 15.9. The van der Waals surface area contributed by atoms with Crippen molar-refractivity contribution >= 4 is 27.6 Å². The molecular weight excluding hydrogens is 394 g/mol. The molecule has 0 aliphatic carbocycles. The lowest BCUT2D eigenvalue weighted by Crippen LogP contribution is -2.37. The molecule has 10 heteroatoms. The van der Waals surface area contributed by atoms with Gasteiger partial charge in [-0.3, -0.25) is 9.59 Å². The van der Waals surface area contributed by atoms with Gasteiger partial charge in [0, 0.05) is 12.7 Å². The standard InChI is InChI=1S/C18H18F2N2O5S/c1-12(18(24)21-15-5-3-4-14(20)10-15)27-17(23)11-22(2)28(25,26)16-8-6-13(19)7-9-16/h3-10,12H,11H2,1-2H3,(H,21,24)/t12-/m1/s1. The lowest BCUT2D eigenvalue weighted by atomic mass is 10.3. The van der Waals surface area contributed by atoms with Gasteiger partial charge < -0.3 is 10.1 Å². The molecule has 7 nitrogen and oxygen atoms in total. The van der Waals surface area contributed by atoms with Gasteiger partial charge in [-0.15, -0.1) is 0 Å². The lowest BCUT2D eigenvalue weighted by Gasteiger charge is -2.18. The number of carbonyl (C=O) groups excluding carboxylic acids is 2. The number of nitrogens with zero attached hydrogens (tertiary/aromatic N) is 1. The summed E-state index contributed by atoms with van der Waals surface area (Å²) < 4.78 is 56.4. The number of halogens is 2. The summed E-state index contributed by atoms with van der Waals surface area (Å²) in [5, 5.41) is 2.38. The molecule has 2 aromatic carbocycles. The lowest BCUT2D eigenvalue weighted by molar-refractivity contribution is -0.153. The highest BCUT2D eigenvalue weighted by molar-refractivity contribution is 7.89. The molecule has 0 saturated carbocycles. The van der Waals surface area contributed by atoms with E-state index in [1.165, 1.54) is 25.1 Å². The summed E-state index contributed by atoms with van der Waals surface area (Å²) in [6.07, 6.45) is -1.24. The van der Waals surface area contributed by atoms with Gasteiger partial charge in [0.25, 0.3) is 5.91 Å². The second-order valence-corrected chi connectivity index (χ2v) is 7.89. The fourth-order valence-corrected chi connectivity index (χ4v) is 3.27. The van der Waals surface area contributed by atoms with Crippen molar-refractivity contribution in [2.24, 2.45) is 0 Å². The van der Waals surface area contributed by atoms with Crippen molar-refractivity contribution in [3.63, 3.8) is 0 Å². The molecule has 1 amide bonds. The number of sulfonamides is 1. The molecule has 1 atom stereocenters. The number of hydrogen-bond acceptors (Lipinski definition) is 5. The second kappa shape index (κ2) is 8.89. The zero-order valence-electron chi connectivity index (χ0n) is 15.1. The van der Waals surface area contributed by atoms with E-state index in [4.69, 9.17) is 4.74 Å². The van der Waals surface area contributed by atoms with Crippen molar-refractivity contribution in [2.75, 3.05) is 18.9 Å². The number of benzene rings is 2. The fraction of sp³-hybridized carbons (Fsp3) is 0.222. The predicted octanol–water partition coefficient (Wildman–Crippen LogP) is 2.16. The Morgan fingerprint density at radius 3 is 2.36 bits per heavy atom. The van der Waals surface area contributed by atoms with Crippen LogP contribution in [0.3, 0.4) is 0 Å². The molecule has 0 unspecified atom stereocenters. The SMILES string of the molecule is C[C@@H](OC(=O)CN(C)S(=O)(=O)c1ccc(F)cc1)C(=O)Nc1cccc(F)c1. The molecule has 0 spiro atoms. The molecule has 2 rings (SSSR count). The summed E-state index contributed by atoms with van der Waals surface area (Å²) in [6.45, 7) is 0.637. The van der Waals surface area contributed by atoms with Crippen molar-refractivity contribution < 1.29 is 31.5 Å². The maximum Gasteiger partial charge on any atom is 0.322 e. The maximum atomic E-state index is 13.1. The first-order valence-corrected chi connectivity index (χ1v) is 9.51. The minimum Gasteiger partial charge on any atom is -0.452 e. The van der Waals surface area contributed by atoms with E-state index in [2.05, 4.69) is 5.32 Å². The average molecular weight is 412 g/mol. The van der Waals surface area contributed by atoms with Crippen molar-refractivity contribution in [1.82, 2.24) is 4.31 Å². The minimum atomic E-state index is -4.04. The van der Waals surface area contributed by atoms with Gasteiger partial charge in [0.2, 0.25) is 10.0 Å². The summed E-state index contributed by atoms with van der Waals surface area (Å²) in [5.41, 5.74) is 0.184. The van der Waals surface area contributed by atoms with Crippen LogP contribution in [0.1, 0.15) is 6.92 Å². The van der Waals surface area contributed by atoms with Crippen molar-refractivity contribution in [3.8, 4) is 0 Å². The Morgan fingerprint density at radius 1 is 1.11 bits per heavy atom. The number of hydrogen-bond donors (Lipinski definition) is 1. The monoisotopic (exact) mass is 412 g/mol. The Balaban J connectivity index is 1.94. The number of nitrogens with one attached hydrogen (secondary N) is 1. The number of ether oxygens (including phenoxy) is 1. The fourth-order valence-electron chi connectivity index (χ4n) is 2.15. The molecular formula is C18H18F2N2O5S. The Hall–Kier alpha value is -2.85. The molecule has 0 aliphatic heterocycles. The van der Waals surface area contributed by atoms with E-state index in [1.807, 2.05) is 0 Å². The van der Waals surface area contributed by atoms with Gasteiger partial charge in [-0.1, -0.05) is 6.07 Å². The molecule has 1 N–H and O–H groups in total. The quantitative estimate of drug-likeness (QED) is 0.704. The first kappa shape index (κ1) is 21.5. The van der Waals surface area contributed by atoms with Gasteiger partial charge in [0.1, 0.15) is 18.2 Å². The van der Waals surface area contributed by atoms with E-state index >= 15 is 0 Å². The van der Waals surface area contributed by atoms with Gasteiger partial charge >= 0.3 is 5.97 Å². The van der Waals surface area contributed by atoms with Crippen LogP contribution in [0, 0.1) is 11.6 Å². The Morgan fingerprint density at radius 2 is 1.75 bits per heavy atom. The van der Waals surface area contributed by atoms with Crippen LogP contribution in [0.5, 0.6) is 0 Å². The summed E-state index contributed by atoms with van der Waals surface area (Å²) in [5.74, 6) is -2.81. The van der Waals surface area contributed by atoms with Gasteiger partial charge in [0.15, 0.2) is 6.10 Å². The summed E-state index contributed by atoms with van der Waals surface area (Å²) in [7, 11) is -2.89. The van der Waals surface area contributed by atoms with E-state index < -0.39 is 46.2 Å². The number of anilines is 1. The number of rotatable bonds is 7. The van der Waals surface area contributed by atoms with Gasteiger partial charge in [-0.2, -0.15) is 4.31 Å². The Kier molecular flexibility index (Phi) is 6.81. The number of esters is 1. The smallest absolute Gasteiger partial charge is 0.322 e. The van der Waals surface area contributed by atoms with Crippen molar-refractivity contribution in [3.05, 3.63) is 60.2 Å². The molecule has 0 fully saturated rings. The zero-order chi connectivity index (χ0) is 20.9. The van der Waals surface area contributed by atoms with Crippen molar-refractivity contribution in [1.29, 1.82) is 0 Å². The second-order valence-electron chi connectivity index (χ2n) is 5.85. The van der Waals surface area contributed by atoms with Crippen LogP contribution in [0.2, 0.25) is 0 Å². The summed E-state index contributed by atoms with van der Waals surface area (Å²) in [4.78, 5) is 23.8. The molecule has 0 saturated heterocycles. The van der Waals surface area contributed by atoms with Crippen LogP contribution in [-0.4, -0.2) is 44.3 Å². The average Bonchev–Trinajstić information content (AvgIpc) is 2.61. The van der Waals surface area contributed by atoms with E-state index in [9.17, 15) is 26.8 Å². The molecule has 28 heavy (non-hydrogen) atoms. The highest BCUT2D eigenvalue weighted by Crippen LogP contribution is 2.15. The number of likely N-dealkylation sites (N-methyl/N-ethyl adjacent to an activating group) is 1. The Bertz CT molecular complexity index is 964. The number of carbonyl (C=O) groups is 2. The third-order valence-electron chi connectivity index (χ3n) is 3.64. The van der Waals surface area contributed by atoms with E-state index in [0.717, 1.165) is 41.7 Å². The molecule has 0 aliphatic rings. The normalized spacial score (nSPS) is 12.5. The first-order valence-electron chi connectivity index (χ1n) is 8.07. The van der Waals surface area contributed by atoms with Gasteiger partial charge in [0.05, 0.1) is 4.90 Å². The molecule has 0 aromatic heterocycles. The van der Waals surface area contributed by atoms with Gasteiger partial charge in [-0.05, 0) is 49.4 Å². The molecule has 0 bridgehead atoms. The molecule has 0 heterocycles. The van der Waals surface area contributed by atoms with Gasteiger partial charge in [-0.25, -0.2) is 17.2 Å². The van der Waals surface area contributed by atoms with Crippen LogP contribution in [0.25, 0.3) is 0 Å². The van der Waals surface area contributed by atoms with Crippen LogP contribution < -0.4 is 5.32 Å². The minimum absolute atomic E-state index is 0.184. The highest BCUT2D eigenvalue weighted by atomic mass is 32.2. The van der Waals surface area contributed by atoms with E-state index in [1.54, 1.807) is 0 Å². The first-order chi connectivity index (χ1) is 13.1. The van der Waals surface area contributed by atoms with Crippen molar-refractivity contribution in [2.45, 2.75) is 17.9 Å².